The van der Waals surface area contributed by atoms with E-state index in [1.54, 1.807) is 0 Å². The molecule has 0 aliphatic carbocycles. The fourth-order valence-corrected chi connectivity index (χ4v) is 9.72. The summed E-state index contributed by atoms with van der Waals surface area (Å²) in [6, 6.07) is 80.7. The van der Waals surface area contributed by atoms with Crippen molar-refractivity contribution in [2.24, 2.45) is 0 Å². The van der Waals surface area contributed by atoms with Gasteiger partial charge >= 0.3 is 0 Å². The van der Waals surface area contributed by atoms with Gasteiger partial charge in [0, 0.05) is 0 Å². The summed E-state index contributed by atoms with van der Waals surface area (Å²) in [5.74, 6) is 0. The molecule has 11 aromatic rings. The molecule has 0 radical (unpaired) electrons. The van der Waals surface area contributed by atoms with Crippen LogP contribution >= 0.6 is 0 Å². The molecule has 0 fully saturated rings. The maximum absolute atomic E-state index is 2.30. The van der Waals surface area contributed by atoms with Crippen LogP contribution in [0.5, 0.6) is 0 Å². The van der Waals surface area contributed by atoms with Crippen LogP contribution in [0.4, 0.5) is 0 Å². The van der Waals surface area contributed by atoms with E-state index in [0.717, 1.165) is 6.42 Å². The van der Waals surface area contributed by atoms with E-state index >= 15 is 0 Å². The van der Waals surface area contributed by atoms with E-state index in [1.165, 1.54) is 161 Å². The van der Waals surface area contributed by atoms with Gasteiger partial charge in [-0.25, -0.2) is 0 Å². The molecular formula is C88H102. The van der Waals surface area contributed by atoms with Crippen molar-refractivity contribution in [2.75, 3.05) is 0 Å². The van der Waals surface area contributed by atoms with E-state index in [9.17, 15) is 0 Å². The molecule has 88 heavy (non-hydrogen) atoms. The van der Waals surface area contributed by atoms with Crippen molar-refractivity contribution in [3.8, 4) is 33.4 Å². The van der Waals surface area contributed by atoms with Gasteiger partial charge < -0.3 is 0 Å². The molecule has 0 bridgehead atoms. The van der Waals surface area contributed by atoms with Crippen LogP contribution in [-0.2, 0) is 6.42 Å². The zero-order valence-corrected chi connectivity index (χ0v) is 57.6. The SMILES string of the molecule is Cc1cc(-c2cc(C)c(C)c(C)c2)cc(C)c1C.Cc1ccc(-c2ccc(C)c(C)c2)cc1C.Cc1ccc(-c2ccc(C)cc2)cc1.Cc1ccc(C)c(C)c1.Cc1ccc(C)cc1.Cc1ccc(Cc2ccc(C)cc2)cc1.Cc1cccc(C)c1. The lowest BCUT2D eigenvalue weighted by molar-refractivity contribution is 1.18. The highest BCUT2D eigenvalue weighted by Gasteiger charge is 2.07. The Labute approximate surface area is 534 Å². The van der Waals surface area contributed by atoms with Gasteiger partial charge in [-0.05, 0) is 263 Å². The van der Waals surface area contributed by atoms with E-state index in [1.807, 2.05) is 0 Å². The van der Waals surface area contributed by atoms with Crippen molar-refractivity contribution in [1.82, 2.24) is 0 Å². The van der Waals surface area contributed by atoms with E-state index in [-0.39, 0.29) is 0 Å². The van der Waals surface area contributed by atoms with Gasteiger partial charge in [-0.1, -0.05) is 275 Å². The monoisotopic (exact) mass is 1160 g/mol. The van der Waals surface area contributed by atoms with Crippen LogP contribution in [0.2, 0.25) is 0 Å². The number of aryl methyl sites for hydroxylation is 19. The highest BCUT2D eigenvalue weighted by atomic mass is 14.1. The molecule has 0 spiro atoms. The van der Waals surface area contributed by atoms with Gasteiger partial charge in [0.05, 0.1) is 0 Å². The third-order valence-electron chi connectivity index (χ3n) is 16.7. The van der Waals surface area contributed by atoms with E-state index in [2.05, 4.69) is 370 Å². The van der Waals surface area contributed by atoms with E-state index < -0.39 is 0 Å². The number of hydrogen-bond donors (Lipinski definition) is 0. The summed E-state index contributed by atoms with van der Waals surface area (Å²) in [4.78, 5) is 0. The molecule has 0 amide bonds. The fraction of sp³-hybridized carbons (Fsp3) is 0.250. The second kappa shape index (κ2) is 34.7. The Morgan fingerprint density at radius 3 is 0.648 bits per heavy atom. The Hall–Kier alpha value is -8.58. The molecule has 0 atom stereocenters. The molecule has 11 aromatic carbocycles. The van der Waals surface area contributed by atoms with Crippen molar-refractivity contribution in [2.45, 2.75) is 152 Å². The van der Waals surface area contributed by atoms with Gasteiger partial charge in [0.25, 0.3) is 0 Å². The minimum absolute atomic E-state index is 1.03. The van der Waals surface area contributed by atoms with Crippen LogP contribution in [-0.4, -0.2) is 0 Å². The minimum Gasteiger partial charge on any atom is -0.0617 e. The molecule has 0 N–H and O–H groups in total. The lowest BCUT2D eigenvalue weighted by atomic mass is 9.93. The number of benzene rings is 11. The van der Waals surface area contributed by atoms with Crippen LogP contribution in [0.1, 0.15) is 128 Å². The largest absolute Gasteiger partial charge is 0.0617 e. The summed E-state index contributed by atoms with van der Waals surface area (Å²) in [6.07, 6.45) is 1.03. The van der Waals surface area contributed by atoms with Gasteiger partial charge in [-0.15, -0.1) is 0 Å². The predicted octanol–water partition coefficient (Wildman–Crippen LogP) is 24.9. The normalized spacial score (nSPS) is 10.1. The van der Waals surface area contributed by atoms with E-state index in [0.29, 0.717) is 0 Å². The zero-order valence-electron chi connectivity index (χ0n) is 57.6. The quantitative estimate of drug-likeness (QED) is 0.161. The van der Waals surface area contributed by atoms with Crippen molar-refractivity contribution in [3.63, 3.8) is 0 Å². The standard InChI is InChI=1S/C18H22.C16H18.C15H16.C14H14.C9H12.2C8H10/c1-11-7-17(8-12(2)15(11)5)18-9-13(3)16(6)14(4)10-18;1-11-5-7-15(9-13(11)3)16-8-6-12(2)14(4)10-16;1-12-3-7-14(8-4-12)11-15-9-5-13(2)6-10-15;1-11-3-7-13(8-4-11)14-9-5-12(2)6-10-14;1-7-4-5-8(2)9(3)6-7;1-7-3-5-8(2)6-4-7;1-7-4-3-5-8(2)6-7/h7-10H,1-6H3;5-10H,1-4H3;3-10H,11H2,1-2H3;3-10H,1-2H3;4-6H,1-3H3;2*3-6H,1-2H3. The first kappa shape index (κ1) is 70.2. The Morgan fingerprint density at radius 1 is 0.159 bits per heavy atom. The van der Waals surface area contributed by atoms with Gasteiger partial charge in [-0.3, -0.25) is 0 Å². The maximum atomic E-state index is 2.30. The van der Waals surface area contributed by atoms with Crippen molar-refractivity contribution in [3.05, 3.63) is 352 Å². The maximum Gasteiger partial charge on any atom is -0.00258 e. The topological polar surface area (TPSA) is 0 Å². The third kappa shape index (κ3) is 23.6. The summed E-state index contributed by atoms with van der Waals surface area (Å²) < 4.78 is 0. The average molecular weight is 1160 g/mol. The van der Waals surface area contributed by atoms with Crippen LogP contribution in [0.3, 0.4) is 0 Å². The van der Waals surface area contributed by atoms with Crippen molar-refractivity contribution < 1.29 is 0 Å². The smallest absolute Gasteiger partial charge is 0.00258 e. The second-order valence-electron chi connectivity index (χ2n) is 24.8. The molecular weight excluding hydrogens is 1060 g/mol. The first-order valence-corrected chi connectivity index (χ1v) is 31.4. The highest BCUT2D eigenvalue weighted by Crippen LogP contribution is 2.29. The predicted molar refractivity (Wildman–Crippen MR) is 390 cm³/mol. The summed E-state index contributed by atoms with van der Waals surface area (Å²) in [6.45, 7) is 45.1. The summed E-state index contributed by atoms with van der Waals surface area (Å²) in [5, 5.41) is 0. The molecule has 454 valence electrons. The Balaban J connectivity index is 0.000000191. The zero-order chi connectivity index (χ0) is 64.6. The second-order valence-corrected chi connectivity index (χ2v) is 24.8. The lowest BCUT2D eigenvalue weighted by Crippen LogP contribution is -1.92. The Kier molecular flexibility index (Phi) is 27.7. The molecule has 0 saturated heterocycles. The summed E-state index contributed by atoms with van der Waals surface area (Å²) in [5.41, 5.74) is 39.1. The summed E-state index contributed by atoms with van der Waals surface area (Å²) >= 11 is 0. The molecule has 0 aromatic heterocycles. The Bertz CT molecular complexity index is 3640. The van der Waals surface area contributed by atoms with Crippen molar-refractivity contribution >= 4 is 0 Å². The van der Waals surface area contributed by atoms with Gasteiger partial charge in [0.2, 0.25) is 0 Å². The molecule has 0 aliphatic heterocycles. The first-order chi connectivity index (χ1) is 41.7. The van der Waals surface area contributed by atoms with Gasteiger partial charge in [0.15, 0.2) is 0 Å². The van der Waals surface area contributed by atoms with Gasteiger partial charge in [0.1, 0.15) is 0 Å². The van der Waals surface area contributed by atoms with Crippen molar-refractivity contribution in [1.29, 1.82) is 0 Å². The van der Waals surface area contributed by atoms with Crippen LogP contribution in [0, 0.1) is 145 Å². The Morgan fingerprint density at radius 2 is 0.386 bits per heavy atom. The molecule has 0 heteroatoms. The minimum atomic E-state index is 1.03. The first-order valence-electron chi connectivity index (χ1n) is 31.4. The lowest BCUT2D eigenvalue weighted by Gasteiger charge is -2.12. The molecule has 0 aliphatic rings. The molecule has 0 nitrogen and oxygen atoms in total. The molecule has 0 saturated carbocycles. The summed E-state index contributed by atoms with van der Waals surface area (Å²) in [7, 11) is 0. The fourth-order valence-electron chi connectivity index (χ4n) is 9.72. The van der Waals surface area contributed by atoms with E-state index in [4.69, 9.17) is 0 Å². The molecule has 11 rings (SSSR count). The van der Waals surface area contributed by atoms with Crippen LogP contribution in [0.25, 0.3) is 33.4 Å². The third-order valence-corrected chi connectivity index (χ3v) is 16.7. The number of rotatable bonds is 5. The van der Waals surface area contributed by atoms with Crippen LogP contribution < -0.4 is 0 Å². The molecule has 0 unspecified atom stereocenters. The van der Waals surface area contributed by atoms with Crippen LogP contribution in [0.15, 0.2) is 224 Å². The average Bonchev–Trinajstić information content (AvgIpc) is 2.52. The van der Waals surface area contributed by atoms with Gasteiger partial charge in [-0.2, -0.15) is 0 Å². The highest BCUT2D eigenvalue weighted by molar-refractivity contribution is 5.69. The molecule has 0 heterocycles. The number of hydrogen-bond acceptors (Lipinski definition) is 0.